The smallest absolute Gasteiger partial charge is 0.416 e. The summed E-state index contributed by atoms with van der Waals surface area (Å²) in [6, 6.07) is 28.3. The number of hydrogen-bond donors (Lipinski definition) is 0. The van der Waals surface area contributed by atoms with Gasteiger partial charge in [-0.25, -0.2) is 0 Å². The van der Waals surface area contributed by atoms with Crippen molar-refractivity contribution in [3.8, 4) is 5.75 Å². The monoisotopic (exact) mass is 1070 g/mol. The zero-order valence-electron chi connectivity index (χ0n) is 51.8. The summed E-state index contributed by atoms with van der Waals surface area (Å²) in [4.78, 5) is 0. The maximum atomic E-state index is 12.3. The Bertz CT molecular complexity index is 1840. The van der Waals surface area contributed by atoms with Crippen LogP contribution in [0.25, 0.3) is 0 Å². The van der Waals surface area contributed by atoms with E-state index in [2.05, 4.69) is 173 Å². The molecule has 1 aromatic heterocycles. The van der Waals surface area contributed by atoms with Crippen LogP contribution in [0.1, 0.15) is 212 Å². The molecule has 0 atom stereocenters. The number of ether oxygens (including phenoxy) is 1. The zero-order chi connectivity index (χ0) is 57.1. The molecule has 0 saturated heterocycles. The predicted molar refractivity (Wildman–Crippen MR) is 329 cm³/mol. The van der Waals surface area contributed by atoms with Gasteiger partial charge in [-0.3, -0.25) is 0 Å². The van der Waals surface area contributed by atoms with Crippen molar-refractivity contribution in [2.75, 3.05) is 13.7 Å². The second kappa shape index (κ2) is 41.8. The fourth-order valence-corrected chi connectivity index (χ4v) is 8.61. The highest BCUT2D eigenvalue weighted by Gasteiger charge is 2.37. The highest BCUT2D eigenvalue weighted by Crippen LogP contribution is 2.37. The third-order valence-electron chi connectivity index (χ3n) is 13.0. The third kappa shape index (κ3) is 43.4. The Morgan fingerprint density at radius 2 is 0.973 bits per heavy atom. The van der Waals surface area contributed by atoms with Crippen LogP contribution in [0.3, 0.4) is 0 Å². The van der Waals surface area contributed by atoms with Gasteiger partial charge in [-0.2, -0.15) is 13.2 Å². The standard InChI is InChI=1S/C11H13F3.C11H26OSi.C11H16O.C10H14.C8H12O.C8H16.C8H18.CH4/c1-8(2)6-9-4-3-5-10(7-9)11(12,13)14;1-10(2)8-9-12-13(6,7)11(3,4)5;1-9(2)8-10-4-6-11(12-3)7-5-10;1-9(2)8-10-6-4-3-5-7-10;1-7(2)6-8-4-3-5-9-8;1-7(2)8-5-3-4-6-8;1-7(2)5-6-8(3)4;/h3-5,7-8H,6H2,1-2H3;10H,8-9H2,1-7H3;4-7,9H,8H2,1-3H3;3-7,9H,8H2,1-2H3;3-5,7H,6H2,1-2H3;7-8H,3-6H2,1-2H3;7-8H,5-6H2,1-4H3;1H4. The molecular formula is C68H119F3O3Si. The van der Waals surface area contributed by atoms with Gasteiger partial charge in [0.1, 0.15) is 11.5 Å². The van der Waals surface area contributed by atoms with Gasteiger partial charge in [0, 0.05) is 13.0 Å². The highest BCUT2D eigenvalue weighted by molar-refractivity contribution is 6.74. The predicted octanol–water partition coefficient (Wildman–Crippen LogP) is 22.8. The van der Waals surface area contributed by atoms with E-state index in [1.807, 2.05) is 38.1 Å². The van der Waals surface area contributed by atoms with Crippen LogP contribution in [0.4, 0.5) is 13.2 Å². The second-order valence-electron chi connectivity index (χ2n) is 25.4. The SMILES string of the molecule is C.CC(C)C1CCCC1.CC(C)CCC(C)C.CC(C)CCO[Si](C)(C)C(C)(C)C.CC(C)Cc1cccc(C(F)(F)F)c1.CC(C)Cc1ccccc1.CC(C)Cc1ccco1.COc1ccc(CC(C)C)cc1. The fraction of sp³-hybridized carbons (Fsp3) is 0.676. The molecule has 0 bridgehead atoms. The Kier molecular flexibility index (Phi) is 42.3. The molecule has 0 amide bonds. The lowest BCUT2D eigenvalue weighted by Gasteiger charge is -2.36. The average molecular weight is 1070 g/mol. The summed E-state index contributed by atoms with van der Waals surface area (Å²) < 4.78 is 53.2. The Labute approximate surface area is 464 Å². The van der Waals surface area contributed by atoms with Crippen molar-refractivity contribution < 1.29 is 26.8 Å². The summed E-state index contributed by atoms with van der Waals surface area (Å²) in [5, 5.41) is 0.351. The summed E-state index contributed by atoms with van der Waals surface area (Å²) in [6.45, 7) is 48.0. The summed E-state index contributed by atoms with van der Waals surface area (Å²) in [5.41, 5.74) is 3.01. The van der Waals surface area contributed by atoms with Crippen LogP contribution in [0.15, 0.2) is 102 Å². The minimum Gasteiger partial charge on any atom is -0.497 e. The van der Waals surface area contributed by atoms with Gasteiger partial charge in [0.25, 0.3) is 0 Å². The lowest BCUT2D eigenvalue weighted by atomic mass is 9.95. The van der Waals surface area contributed by atoms with E-state index in [-0.39, 0.29) is 7.43 Å². The molecule has 1 heterocycles. The first-order valence-corrected chi connectivity index (χ1v) is 31.7. The minimum atomic E-state index is -4.23. The van der Waals surface area contributed by atoms with E-state index in [9.17, 15) is 13.2 Å². The summed E-state index contributed by atoms with van der Waals surface area (Å²) in [6.07, 6.45) is 11.5. The third-order valence-corrected chi connectivity index (χ3v) is 17.5. The molecule has 3 aromatic carbocycles. The van der Waals surface area contributed by atoms with Crippen molar-refractivity contribution in [2.24, 2.45) is 53.3 Å². The van der Waals surface area contributed by atoms with Crippen LogP contribution in [-0.2, 0) is 36.3 Å². The Morgan fingerprint density at radius 1 is 0.533 bits per heavy atom. The molecule has 0 unspecified atom stereocenters. The van der Waals surface area contributed by atoms with Crippen LogP contribution in [-0.4, -0.2) is 22.0 Å². The van der Waals surface area contributed by atoms with Crippen molar-refractivity contribution >= 4 is 8.32 Å². The molecule has 0 radical (unpaired) electrons. The van der Waals surface area contributed by atoms with Gasteiger partial charge in [-0.15, -0.1) is 0 Å². The molecule has 3 nitrogen and oxygen atoms in total. The van der Waals surface area contributed by atoms with Crippen molar-refractivity contribution in [1.29, 1.82) is 0 Å². The van der Waals surface area contributed by atoms with Crippen molar-refractivity contribution in [3.05, 3.63) is 125 Å². The molecule has 434 valence electrons. The van der Waals surface area contributed by atoms with Crippen LogP contribution < -0.4 is 4.74 Å². The Balaban J connectivity index is -0.000000812. The van der Waals surface area contributed by atoms with E-state index in [1.54, 1.807) is 19.4 Å². The van der Waals surface area contributed by atoms with E-state index < -0.39 is 20.1 Å². The largest absolute Gasteiger partial charge is 0.497 e. The van der Waals surface area contributed by atoms with Crippen molar-refractivity contribution in [2.45, 2.75) is 234 Å². The topological polar surface area (TPSA) is 31.6 Å². The quantitative estimate of drug-likeness (QED) is 0.0988. The van der Waals surface area contributed by atoms with E-state index in [0.29, 0.717) is 23.3 Å². The average Bonchev–Trinajstić information content (AvgIpc) is 4.02. The second-order valence-corrected chi connectivity index (χ2v) is 30.3. The molecular weight excluding hydrogens is 950 g/mol. The Morgan fingerprint density at radius 3 is 1.33 bits per heavy atom. The van der Waals surface area contributed by atoms with Gasteiger partial charge in [-0.1, -0.05) is 238 Å². The van der Waals surface area contributed by atoms with Gasteiger partial charge < -0.3 is 13.6 Å². The molecule has 1 saturated carbocycles. The van der Waals surface area contributed by atoms with Crippen molar-refractivity contribution in [3.63, 3.8) is 0 Å². The number of alkyl halides is 3. The summed E-state index contributed by atoms with van der Waals surface area (Å²) >= 11 is 0. The zero-order valence-corrected chi connectivity index (χ0v) is 52.8. The lowest BCUT2D eigenvalue weighted by molar-refractivity contribution is -0.137. The molecule has 0 N–H and O–H groups in total. The van der Waals surface area contributed by atoms with Crippen molar-refractivity contribution in [1.82, 2.24) is 0 Å². The molecule has 5 rings (SSSR count). The van der Waals surface area contributed by atoms with E-state index >= 15 is 0 Å². The maximum Gasteiger partial charge on any atom is 0.416 e. The van der Waals surface area contributed by atoms with Gasteiger partial charge in [0.05, 0.1) is 18.9 Å². The molecule has 0 spiro atoms. The fourth-order valence-electron chi connectivity index (χ4n) is 7.55. The van der Waals surface area contributed by atoms with E-state index in [4.69, 9.17) is 13.6 Å². The molecule has 75 heavy (non-hydrogen) atoms. The number of methoxy groups -OCH3 is 1. The number of halogens is 3. The molecule has 1 aliphatic carbocycles. The molecule has 7 heteroatoms. The molecule has 4 aromatic rings. The molecule has 1 fully saturated rings. The van der Waals surface area contributed by atoms with Crippen LogP contribution in [0, 0.1) is 53.3 Å². The number of benzene rings is 3. The van der Waals surface area contributed by atoms with Gasteiger partial charge >= 0.3 is 6.18 Å². The summed E-state index contributed by atoms with van der Waals surface area (Å²) in [5.74, 6) is 9.11. The molecule has 1 aliphatic rings. The number of furan rings is 1. The molecule has 0 aliphatic heterocycles. The van der Waals surface area contributed by atoms with E-state index in [0.717, 1.165) is 84.0 Å². The minimum absolute atomic E-state index is 0. The first-order chi connectivity index (χ1) is 34.3. The van der Waals surface area contributed by atoms with Gasteiger partial charge in [0.2, 0.25) is 0 Å². The van der Waals surface area contributed by atoms with E-state index in [1.165, 1.54) is 74.6 Å². The van der Waals surface area contributed by atoms with Crippen LogP contribution in [0.2, 0.25) is 18.1 Å². The van der Waals surface area contributed by atoms with Crippen LogP contribution >= 0.6 is 0 Å². The number of hydrogen-bond acceptors (Lipinski definition) is 3. The first kappa shape index (κ1) is 75.9. The van der Waals surface area contributed by atoms with Gasteiger partial charge in [0.15, 0.2) is 8.32 Å². The van der Waals surface area contributed by atoms with Gasteiger partial charge in [-0.05, 0) is 144 Å². The normalized spacial score (nSPS) is 12.6. The Hall–Kier alpha value is -3.29. The maximum absolute atomic E-state index is 12.3. The summed E-state index contributed by atoms with van der Waals surface area (Å²) in [7, 11) is 0.220. The lowest BCUT2D eigenvalue weighted by Crippen LogP contribution is -2.41. The van der Waals surface area contributed by atoms with Crippen LogP contribution in [0.5, 0.6) is 5.75 Å². The highest BCUT2D eigenvalue weighted by atomic mass is 28.4. The number of rotatable bonds is 17. The first-order valence-electron chi connectivity index (χ1n) is 28.8.